The molecule has 106 valence electrons. The smallest absolute Gasteiger partial charge is 0.378 e. The first kappa shape index (κ1) is 14.9. The van der Waals surface area contributed by atoms with Crippen LogP contribution in [0.25, 0.3) is 0 Å². The third-order valence-electron chi connectivity index (χ3n) is 2.21. The van der Waals surface area contributed by atoms with Gasteiger partial charge < -0.3 is 11.1 Å². The summed E-state index contributed by atoms with van der Waals surface area (Å²) in [6.45, 7) is 0.132. The largest absolute Gasteiger partial charge is 0.389 e. The van der Waals surface area contributed by atoms with Gasteiger partial charge in [0.05, 0.1) is 4.92 Å². The Bertz CT molecular complexity index is 452. The van der Waals surface area contributed by atoms with Crippen LogP contribution in [0.3, 0.4) is 0 Å². The molecule has 0 aliphatic carbocycles. The highest BCUT2D eigenvalue weighted by molar-refractivity contribution is 5.67. The van der Waals surface area contributed by atoms with E-state index in [1.165, 1.54) is 0 Å². The summed E-state index contributed by atoms with van der Waals surface area (Å²) in [5.74, 6) is -0.387. The first-order valence-corrected chi connectivity index (χ1v) is 5.37. The molecular weight excluding hydrogens is 267 g/mol. The molecule has 3 N–H and O–H groups in total. The number of hydrogen-bond acceptors (Lipinski definition) is 6. The Morgan fingerprint density at radius 1 is 1.37 bits per heavy atom. The summed E-state index contributed by atoms with van der Waals surface area (Å²) in [6, 6.07) is 0. The molecule has 0 atom stereocenters. The number of nitrogen functional groups attached to an aromatic ring is 1. The van der Waals surface area contributed by atoms with Crippen LogP contribution in [0.4, 0.5) is 30.5 Å². The standard InChI is InChI=1S/C9H12F3N5O2/c10-9(11,12)3-1-2-4-14-8-6(17(18)19)7(13)15-5-16-8/h5H,1-4H2,(H3,13,14,15,16). The number of hydrogen-bond donors (Lipinski definition) is 2. The van der Waals surface area contributed by atoms with Gasteiger partial charge in [0.25, 0.3) is 0 Å². The Morgan fingerprint density at radius 3 is 2.63 bits per heavy atom. The molecule has 0 saturated carbocycles. The van der Waals surface area contributed by atoms with Gasteiger partial charge in [0, 0.05) is 13.0 Å². The van der Waals surface area contributed by atoms with Gasteiger partial charge in [0.1, 0.15) is 6.33 Å². The highest BCUT2D eigenvalue weighted by Gasteiger charge is 2.26. The molecule has 0 unspecified atom stereocenters. The van der Waals surface area contributed by atoms with Crippen molar-refractivity contribution in [3.05, 3.63) is 16.4 Å². The molecule has 0 saturated heterocycles. The number of nitro groups is 1. The zero-order valence-electron chi connectivity index (χ0n) is 9.78. The molecule has 0 spiro atoms. The van der Waals surface area contributed by atoms with E-state index in [-0.39, 0.29) is 31.0 Å². The molecule has 1 aromatic heterocycles. The summed E-state index contributed by atoms with van der Waals surface area (Å²) in [5, 5.41) is 13.3. The summed E-state index contributed by atoms with van der Waals surface area (Å²) in [6.07, 6.45) is -3.89. The van der Waals surface area contributed by atoms with Gasteiger partial charge in [-0.25, -0.2) is 9.97 Å². The molecule has 0 bridgehead atoms. The van der Waals surface area contributed by atoms with Crippen LogP contribution in [0.15, 0.2) is 6.33 Å². The Balaban J connectivity index is 2.50. The monoisotopic (exact) mass is 279 g/mol. The molecule has 0 aliphatic rings. The fraction of sp³-hybridized carbons (Fsp3) is 0.556. The maximum atomic E-state index is 11.9. The van der Waals surface area contributed by atoms with Crippen LogP contribution in [0.5, 0.6) is 0 Å². The molecule has 7 nitrogen and oxygen atoms in total. The predicted molar refractivity (Wildman–Crippen MR) is 61.5 cm³/mol. The van der Waals surface area contributed by atoms with E-state index in [0.717, 1.165) is 6.33 Å². The van der Waals surface area contributed by atoms with Gasteiger partial charge in [0.2, 0.25) is 11.6 Å². The van der Waals surface area contributed by atoms with E-state index >= 15 is 0 Å². The van der Waals surface area contributed by atoms with Crippen molar-refractivity contribution < 1.29 is 18.1 Å². The van der Waals surface area contributed by atoms with Crippen molar-refractivity contribution >= 4 is 17.3 Å². The number of rotatable bonds is 6. The van der Waals surface area contributed by atoms with Crippen molar-refractivity contribution in [3.8, 4) is 0 Å². The number of alkyl halides is 3. The van der Waals surface area contributed by atoms with Gasteiger partial charge in [-0.1, -0.05) is 0 Å². The zero-order valence-corrected chi connectivity index (χ0v) is 9.78. The Kier molecular flexibility index (Phi) is 4.84. The summed E-state index contributed by atoms with van der Waals surface area (Å²) in [4.78, 5) is 17.1. The van der Waals surface area contributed by atoms with Crippen molar-refractivity contribution in [1.82, 2.24) is 9.97 Å². The summed E-state index contributed by atoms with van der Waals surface area (Å²) in [7, 11) is 0. The Hall–Kier alpha value is -2.13. The molecule has 0 radical (unpaired) electrons. The lowest BCUT2D eigenvalue weighted by Crippen LogP contribution is -2.11. The summed E-state index contributed by atoms with van der Waals surface area (Å²) in [5.41, 5.74) is 4.85. The van der Waals surface area contributed by atoms with Crippen LogP contribution >= 0.6 is 0 Å². The maximum Gasteiger partial charge on any atom is 0.389 e. The van der Waals surface area contributed by atoms with Crippen molar-refractivity contribution in [1.29, 1.82) is 0 Å². The number of aromatic nitrogens is 2. The Morgan fingerprint density at radius 2 is 2.05 bits per heavy atom. The SMILES string of the molecule is Nc1ncnc(NCCCCC(F)(F)F)c1[N+](=O)[O-]. The fourth-order valence-electron chi connectivity index (χ4n) is 1.36. The van der Waals surface area contributed by atoms with Crippen LogP contribution in [0.2, 0.25) is 0 Å². The van der Waals surface area contributed by atoms with E-state index in [1.807, 2.05) is 0 Å². The minimum Gasteiger partial charge on any atom is -0.378 e. The predicted octanol–water partition coefficient (Wildman–Crippen LogP) is 2.11. The van der Waals surface area contributed by atoms with Crippen LogP contribution in [0.1, 0.15) is 19.3 Å². The Labute approximate surface area is 106 Å². The van der Waals surface area contributed by atoms with Crippen molar-refractivity contribution in [3.63, 3.8) is 0 Å². The van der Waals surface area contributed by atoms with E-state index in [0.29, 0.717) is 0 Å². The first-order valence-electron chi connectivity index (χ1n) is 5.37. The zero-order chi connectivity index (χ0) is 14.5. The first-order chi connectivity index (χ1) is 8.81. The topological polar surface area (TPSA) is 107 Å². The van der Waals surface area contributed by atoms with Crippen molar-refractivity contribution in [2.45, 2.75) is 25.4 Å². The van der Waals surface area contributed by atoms with E-state index in [9.17, 15) is 23.3 Å². The van der Waals surface area contributed by atoms with Gasteiger partial charge in [0.15, 0.2) is 0 Å². The number of nitrogens with two attached hydrogens (primary N) is 1. The minimum absolute atomic E-state index is 0.0646. The third kappa shape index (κ3) is 4.94. The van der Waals surface area contributed by atoms with E-state index in [1.54, 1.807) is 0 Å². The number of unbranched alkanes of at least 4 members (excludes halogenated alkanes) is 1. The molecule has 1 heterocycles. The normalized spacial score (nSPS) is 11.3. The number of nitrogens with one attached hydrogen (secondary N) is 1. The average Bonchev–Trinajstić information content (AvgIpc) is 2.26. The van der Waals surface area contributed by atoms with Gasteiger partial charge in [-0.15, -0.1) is 0 Å². The third-order valence-corrected chi connectivity index (χ3v) is 2.21. The van der Waals surface area contributed by atoms with Gasteiger partial charge in [-0.3, -0.25) is 10.1 Å². The molecule has 10 heteroatoms. The van der Waals surface area contributed by atoms with E-state index in [2.05, 4.69) is 15.3 Å². The average molecular weight is 279 g/mol. The van der Waals surface area contributed by atoms with Gasteiger partial charge in [-0.05, 0) is 12.8 Å². The van der Waals surface area contributed by atoms with Gasteiger partial charge in [-0.2, -0.15) is 13.2 Å². The second kappa shape index (κ2) is 6.16. The molecule has 0 aliphatic heterocycles. The molecule has 19 heavy (non-hydrogen) atoms. The van der Waals surface area contributed by atoms with E-state index < -0.39 is 23.2 Å². The molecule has 1 rings (SSSR count). The van der Waals surface area contributed by atoms with E-state index in [4.69, 9.17) is 5.73 Å². The van der Waals surface area contributed by atoms with Gasteiger partial charge >= 0.3 is 11.9 Å². The molecule has 1 aromatic rings. The molecular formula is C9H12F3N5O2. The second-order valence-corrected chi connectivity index (χ2v) is 3.71. The maximum absolute atomic E-state index is 11.9. The molecule has 0 aromatic carbocycles. The quantitative estimate of drug-likeness (QED) is 0.469. The lowest BCUT2D eigenvalue weighted by Gasteiger charge is -2.08. The van der Waals surface area contributed by atoms with Crippen LogP contribution < -0.4 is 11.1 Å². The molecule has 0 amide bonds. The highest BCUT2D eigenvalue weighted by atomic mass is 19.4. The minimum atomic E-state index is -4.19. The lowest BCUT2D eigenvalue weighted by molar-refractivity contribution is -0.383. The molecule has 0 fully saturated rings. The van der Waals surface area contributed by atoms with Crippen LogP contribution in [-0.2, 0) is 0 Å². The second-order valence-electron chi connectivity index (χ2n) is 3.71. The number of halogens is 3. The fourth-order valence-corrected chi connectivity index (χ4v) is 1.36. The summed E-state index contributed by atoms with van der Waals surface area (Å²) < 4.78 is 35.6. The lowest BCUT2D eigenvalue weighted by atomic mass is 10.2. The number of anilines is 2. The van der Waals surface area contributed by atoms with Crippen LogP contribution in [0, 0.1) is 10.1 Å². The highest BCUT2D eigenvalue weighted by Crippen LogP contribution is 2.26. The number of nitrogens with zero attached hydrogens (tertiary/aromatic N) is 3. The van der Waals surface area contributed by atoms with Crippen molar-refractivity contribution in [2.24, 2.45) is 0 Å². The van der Waals surface area contributed by atoms with Crippen molar-refractivity contribution in [2.75, 3.05) is 17.6 Å². The summed E-state index contributed by atoms with van der Waals surface area (Å²) >= 11 is 0. The van der Waals surface area contributed by atoms with Crippen LogP contribution in [-0.4, -0.2) is 27.6 Å².